The number of hydrogen-bond donors (Lipinski definition) is 1. The van der Waals surface area contributed by atoms with Gasteiger partial charge in [-0.3, -0.25) is 4.79 Å². The number of carbonyl (C=O) groups excluding carboxylic acids is 2. The molecule has 0 unspecified atom stereocenters. The van der Waals surface area contributed by atoms with Crippen molar-refractivity contribution >= 4 is 34.0 Å². The largest absolute Gasteiger partial charge is 0.493 e. The van der Waals surface area contributed by atoms with Crippen LogP contribution in [0.15, 0.2) is 76.3 Å². The lowest BCUT2D eigenvalue weighted by atomic mass is 10.2. The van der Waals surface area contributed by atoms with Crippen LogP contribution in [-0.4, -0.2) is 25.2 Å². The van der Waals surface area contributed by atoms with E-state index >= 15 is 0 Å². The summed E-state index contributed by atoms with van der Waals surface area (Å²) in [6.45, 7) is 0. The van der Waals surface area contributed by atoms with E-state index in [0.29, 0.717) is 11.1 Å². The van der Waals surface area contributed by atoms with Crippen LogP contribution in [0.3, 0.4) is 0 Å². The van der Waals surface area contributed by atoms with E-state index in [1.54, 1.807) is 30.3 Å². The normalized spacial score (nSPS) is 10.6. The van der Waals surface area contributed by atoms with Crippen molar-refractivity contribution in [3.63, 3.8) is 0 Å². The molecule has 3 rings (SSSR count). The molecule has 0 spiro atoms. The molecule has 6 nitrogen and oxygen atoms in total. The SMILES string of the molecule is COc1cc(/C=N\NC(=O)c2cccc(Br)c2)ccc1OC(=O)c1cccc(F)c1. The first-order valence-electron chi connectivity index (χ1n) is 8.71. The molecular weight excluding hydrogens is 455 g/mol. The zero-order valence-corrected chi connectivity index (χ0v) is 17.4. The molecular formula is C22H16BrFN2O4. The third kappa shape index (κ3) is 5.51. The second kappa shape index (κ2) is 9.80. The Kier molecular flexibility index (Phi) is 6.92. The van der Waals surface area contributed by atoms with Crippen molar-refractivity contribution in [1.82, 2.24) is 5.43 Å². The fourth-order valence-electron chi connectivity index (χ4n) is 2.48. The minimum absolute atomic E-state index is 0.0814. The highest BCUT2D eigenvalue weighted by atomic mass is 79.9. The summed E-state index contributed by atoms with van der Waals surface area (Å²) >= 11 is 3.31. The number of nitrogens with zero attached hydrogens (tertiary/aromatic N) is 1. The molecule has 0 saturated carbocycles. The number of ether oxygens (including phenoxy) is 2. The second-order valence-corrected chi connectivity index (χ2v) is 6.94. The number of esters is 1. The topological polar surface area (TPSA) is 77.0 Å². The zero-order chi connectivity index (χ0) is 21.5. The number of amides is 1. The maximum atomic E-state index is 13.3. The van der Waals surface area contributed by atoms with Crippen LogP contribution in [0.1, 0.15) is 26.3 Å². The van der Waals surface area contributed by atoms with Gasteiger partial charge in [0, 0.05) is 10.0 Å². The van der Waals surface area contributed by atoms with E-state index in [2.05, 4.69) is 26.5 Å². The Bertz CT molecular complexity index is 1120. The lowest BCUT2D eigenvalue weighted by molar-refractivity contribution is 0.0729. The van der Waals surface area contributed by atoms with Crippen LogP contribution in [-0.2, 0) is 0 Å². The van der Waals surface area contributed by atoms with E-state index in [1.807, 2.05) is 6.07 Å². The molecule has 3 aromatic carbocycles. The number of halogens is 2. The standard InChI is InChI=1S/C22H16BrFN2O4/c1-29-20-10-14(13-25-26-21(27)15-4-2-6-17(23)11-15)8-9-19(20)30-22(28)16-5-3-7-18(24)12-16/h2-13H,1H3,(H,26,27)/b25-13-. The highest BCUT2D eigenvalue weighted by molar-refractivity contribution is 9.10. The molecule has 1 N–H and O–H groups in total. The van der Waals surface area contributed by atoms with E-state index in [1.165, 1.54) is 37.6 Å². The second-order valence-electron chi connectivity index (χ2n) is 6.02. The number of hydrogen-bond acceptors (Lipinski definition) is 5. The number of carbonyl (C=O) groups is 2. The summed E-state index contributed by atoms with van der Waals surface area (Å²) in [7, 11) is 1.42. The first-order chi connectivity index (χ1) is 14.5. The maximum absolute atomic E-state index is 13.3. The number of methoxy groups -OCH3 is 1. The van der Waals surface area contributed by atoms with Gasteiger partial charge in [-0.05, 0) is 60.2 Å². The molecule has 0 aliphatic carbocycles. The fourth-order valence-corrected chi connectivity index (χ4v) is 2.88. The van der Waals surface area contributed by atoms with Crippen molar-refractivity contribution in [1.29, 1.82) is 0 Å². The predicted octanol–water partition coefficient (Wildman–Crippen LogP) is 4.58. The average Bonchev–Trinajstić information content (AvgIpc) is 2.74. The maximum Gasteiger partial charge on any atom is 0.343 e. The van der Waals surface area contributed by atoms with Crippen LogP contribution in [0.25, 0.3) is 0 Å². The highest BCUT2D eigenvalue weighted by Gasteiger charge is 2.13. The summed E-state index contributed by atoms with van der Waals surface area (Å²) in [5, 5.41) is 3.93. The molecule has 0 saturated heterocycles. The summed E-state index contributed by atoms with van der Waals surface area (Å²) < 4.78 is 24.6. The molecule has 8 heteroatoms. The van der Waals surface area contributed by atoms with Gasteiger partial charge in [-0.15, -0.1) is 0 Å². The average molecular weight is 471 g/mol. The van der Waals surface area contributed by atoms with Gasteiger partial charge in [0.25, 0.3) is 5.91 Å². The molecule has 0 radical (unpaired) electrons. The number of rotatable bonds is 6. The molecule has 0 aromatic heterocycles. The van der Waals surface area contributed by atoms with Gasteiger partial charge in [-0.25, -0.2) is 14.6 Å². The Labute approximate surface area is 180 Å². The molecule has 0 aliphatic rings. The lowest BCUT2D eigenvalue weighted by Gasteiger charge is -2.10. The lowest BCUT2D eigenvalue weighted by Crippen LogP contribution is -2.17. The van der Waals surface area contributed by atoms with Crippen LogP contribution < -0.4 is 14.9 Å². The summed E-state index contributed by atoms with van der Waals surface area (Å²) in [6, 6.07) is 16.8. The van der Waals surface area contributed by atoms with Crippen molar-refractivity contribution in [3.8, 4) is 11.5 Å². The summed E-state index contributed by atoms with van der Waals surface area (Å²) in [5.41, 5.74) is 3.58. The molecule has 0 aliphatic heterocycles. The van der Waals surface area contributed by atoms with Crippen molar-refractivity contribution in [2.24, 2.45) is 5.10 Å². The van der Waals surface area contributed by atoms with Crippen LogP contribution in [0.5, 0.6) is 11.5 Å². The van der Waals surface area contributed by atoms with Gasteiger partial charge in [0.1, 0.15) is 5.82 Å². The summed E-state index contributed by atoms with van der Waals surface area (Å²) in [6.07, 6.45) is 1.43. The van der Waals surface area contributed by atoms with E-state index in [9.17, 15) is 14.0 Å². The first kappa shape index (κ1) is 21.2. The Morgan fingerprint density at radius 3 is 2.50 bits per heavy atom. The smallest absolute Gasteiger partial charge is 0.343 e. The minimum atomic E-state index is -0.712. The molecule has 0 bridgehead atoms. The number of hydrazone groups is 1. The third-order valence-electron chi connectivity index (χ3n) is 3.92. The Balaban J connectivity index is 1.68. The van der Waals surface area contributed by atoms with Crippen LogP contribution in [0, 0.1) is 5.82 Å². The zero-order valence-electron chi connectivity index (χ0n) is 15.8. The van der Waals surface area contributed by atoms with Crippen molar-refractivity contribution < 1.29 is 23.5 Å². The van der Waals surface area contributed by atoms with Gasteiger partial charge in [-0.2, -0.15) is 5.10 Å². The Morgan fingerprint density at radius 2 is 1.77 bits per heavy atom. The van der Waals surface area contributed by atoms with Crippen LogP contribution in [0.2, 0.25) is 0 Å². The highest BCUT2D eigenvalue weighted by Crippen LogP contribution is 2.28. The minimum Gasteiger partial charge on any atom is -0.493 e. The van der Waals surface area contributed by atoms with Gasteiger partial charge in [0.2, 0.25) is 0 Å². The van der Waals surface area contributed by atoms with E-state index < -0.39 is 11.8 Å². The van der Waals surface area contributed by atoms with Gasteiger partial charge in [0.15, 0.2) is 11.5 Å². The van der Waals surface area contributed by atoms with E-state index in [-0.39, 0.29) is 23.0 Å². The molecule has 0 fully saturated rings. The number of benzene rings is 3. The molecule has 152 valence electrons. The van der Waals surface area contributed by atoms with E-state index in [0.717, 1.165) is 10.5 Å². The molecule has 30 heavy (non-hydrogen) atoms. The molecule has 3 aromatic rings. The first-order valence-corrected chi connectivity index (χ1v) is 9.50. The monoisotopic (exact) mass is 470 g/mol. The summed E-state index contributed by atoms with van der Waals surface area (Å²) in [4.78, 5) is 24.3. The van der Waals surface area contributed by atoms with Gasteiger partial charge in [0.05, 0.1) is 18.9 Å². The van der Waals surface area contributed by atoms with Gasteiger partial charge >= 0.3 is 5.97 Å². The Hall–Kier alpha value is -3.52. The van der Waals surface area contributed by atoms with Crippen molar-refractivity contribution in [2.75, 3.05) is 7.11 Å². The van der Waals surface area contributed by atoms with Gasteiger partial charge < -0.3 is 9.47 Å². The van der Waals surface area contributed by atoms with Crippen LogP contribution in [0.4, 0.5) is 4.39 Å². The number of nitrogens with one attached hydrogen (secondary N) is 1. The predicted molar refractivity (Wildman–Crippen MR) is 114 cm³/mol. The fraction of sp³-hybridized carbons (Fsp3) is 0.0455. The molecule has 0 heterocycles. The van der Waals surface area contributed by atoms with Gasteiger partial charge in [-0.1, -0.05) is 28.1 Å². The van der Waals surface area contributed by atoms with Crippen molar-refractivity contribution in [3.05, 3.63) is 93.7 Å². The third-order valence-corrected chi connectivity index (χ3v) is 4.41. The van der Waals surface area contributed by atoms with Crippen molar-refractivity contribution in [2.45, 2.75) is 0 Å². The molecule has 1 amide bonds. The quantitative estimate of drug-likeness (QED) is 0.247. The van der Waals surface area contributed by atoms with Crippen LogP contribution >= 0.6 is 15.9 Å². The van der Waals surface area contributed by atoms with E-state index in [4.69, 9.17) is 9.47 Å². The Morgan fingerprint density at radius 1 is 1.00 bits per heavy atom. The summed E-state index contributed by atoms with van der Waals surface area (Å²) in [5.74, 6) is -1.16. The molecule has 0 atom stereocenters.